The molecule has 2 aromatic heterocycles. The van der Waals surface area contributed by atoms with Gasteiger partial charge in [-0.2, -0.15) is 5.26 Å². The highest BCUT2D eigenvalue weighted by Crippen LogP contribution is 2.28. The molecule has 2 aliphatic rings. The van der Waals surface area contributed by atoms with Crippen LogP contribution in [0.15, 0.2) is 42.5 Å². The van der Waals surface area contributed by atoms with E-state index < -0.39 is 0 Å². The Morgan fingerprint density at radius 1 is 0.829 bits per heavy atom. The lowest BCUT2D eigenvalue weighted by atomic mass is 10.1. The second kappa shape index (κ2) is 9.38. The van der Waals surface area contributed by atoms with E-state index in [1.165, 1.54) is 6.42 Å². The average Bonchev–Trinajstić information content (AvgIpc) is 3.68. The molecule has 4 heterocycles. The van der Waals surface area contributed by atoms with Crippen LogP contribution in [0.3, 0.4) is 0 Å². The summed E-state index contributed by atoms with van der Waals surface area (Å²) in [4.78, 5) is 16.4. The van der Waals surface area contributed by atoms with Crippen molar-refractivity contribution in [3.63, 3.8) is 0 Å². The van der Waals surface area contributed by atoms with Crippen molar-refractivity contribution >= 4 is 11.0 Å². The molecule has 174 valence electrons. The summed E-state index contributed by atoms with van der Waals surface area (Å²) < 4.78 is 0. The summed E-state index contributed by atoms with van der Waals surface area (Å²) in [6.07, 6.45) is 4.84. The van der Waals surface area contributed by atoms with E-state index in [4.69, 9.17) is 9.97 Å². The minimum Gasteiger partial charge on any atom is -0.343 e. The van der Waals surface area contributed by atoms with Gasteiger partial charge in [-0.05, 0) is 69.1 Å². The molecule has 2 saturated heterocycles. The number of H-pyrrole nitrogens is 2. The van der Waals surface area contributed by atoms with Crippen molar-refractivity contribution in [2.75, 3.05) is 13.1 Å². The van der Waals surface area contributed by atoms with Gasteiger partial charge in [0.05, 0.1) is 47.0 Å². The summed E-state index contributed by atoms with van der Waals surface area (Å²) in [6.45, 7) is 2.06. The summed E-state index contributed by atoms with van der Waals surface area (Å²) >= 11 is 0. The van der Waals surface area contributed by atoms with Crippen LogP contribution in [0, 0.1) is 23.2 Å². The predicted octanol–water partition coefficient (Wildman–Crippen LogP) is 4.27. The summed E-state index contributed by atoms with van der Waals surface area (Å²) in [5.74, 6) is 8.48. The third kappa shape index (κ3) is 4.44. The third-order valence-electron chi connectivity index (χ3n) is 6.84. The molecule has 6 rings (SSSR count). The molecule has 4 aromatic rings. The van der Waals surface area contributed by atoms with E-state index in [1.54, 1.807) is 0 Å². The summed E-state index contributed by atoms with van der Waals surface area (Å²) in [6, 6.07) is 17.0. The zero-order chi connectivity index (χ0) is 23.6. The minimum absolute atomic E-state index is 0.240. The molecule has 0 spiro atoms. The Morgan fingerprint density at radius 3 is 2.20 bits per heavy atom. The molecule has 35 heavy (non-hydrogen) atoms. The van der Waals surface area contributed by atoms with Crippen molar-refractivity contribution in [2.24, 2.45) is 0 Å². The Labute approximate surface area is 204 Å². The molecule has 0 saturated carbocycles. The number of rotatable bonds is 4. The first-order chi connectivity index (χ1) is 17.3. The topological polar surface area (TPSA) is 105 Å². The maximum atomic E-state index is 9.27. The van der Waals surface area contributed by atoms with Crippen molar-refractivity contribution < 1.29 is 0 Å². The highest BCUT2D eigenvalue weighted by Gasteiger charge is 2.22. The van der Waals surface area contributed by atoms with Crippen LogP contribution in [0.4, 0.5) is 0 Å². The summed E-state index contributed by atoms with van der Waals surface area (Å²) in [5.41, 5.74) is 6.60. The number of fused-ring (bicyclic) bond motifs is 1. The van der Waals surface area contributed by atoms with Crippen molar-refractivity contribution in [2.45, 2.75) is 44.2 Å². The van der Waals surface area contributed by atoms with Gasteiger partial charge in [0.15, 0.2) is 0 Å². The Morgan fingerprint density at radius 2 is 1.51 bits per heavy atom. The highest BCUT2D eigenvalue weighted by molar-refractivity contribution is 5.77. The number of aromatic amines is 2. The summed E-state index contributed by atoms with van der Waals surface area (Å²) in [7, 11) is 0. The molecule has 0 radical (unpaired) electrons. The Balaban J connectivity index is 1.22. The molecular formula is C28H27N7. The number of nitriles is 1. The Kier molecular flexibility index (Phi) is 5.79. The van der Waals surface area contributed by atoms with E-state index in [0.29, 0.717) is 12.5 Å². The van der Waals surface area contributed by atoms with E-state index >= 15 is 0 Å². The molecular weight excluding hydrogens is 434 g/mol. The van der Waals surface area contributed by atoms with Crippen LogP contribution in [-0.2, 0) is 6.42 Å². The van der Waals surface area contributed by atoms with E-state index in [-0.39, 0.29) is 6.04 Å². The average molecular weight is 462 g/mol. The van der Waals surface area contributed by atoms with E-state index in [0.717, 1.165) is 83.1 Å². The first kappa shape index (κ1) is 21.6. The van der Waals surface area contributed by atoms with Crippen LogP contribution in [0.5, 0.6) is 0 Å². The molecule has 7 nitrogen and oxygen atoms in total. The lowest BCUT2D eigenvalue weighted by molar-refractivity contribution is 0.611. The smallest absolute Gasteiger partial charge is 0.124 e. The fraction of sp³-hybridized carbons (Fsp3) is 0.321. The van der Waals surface area contributed by atoms with Gasteiger partial charge in [0, 0.05) is 16.7 Å². The van der Waals surface area contributed by atoms with Crippen LogP contribution in [-0.4, -0.2) is 33.0 Å². The molecule has 2 atom stereocenters. The number of nitrogens with one attached hydrogen (secondary N) is 4. The van der Waals surface area contributed by atoms with Crippen LogP contribution < -0.4 is 10.6 Å². The normalized spacial score (nSPS) is 19.5. The molecule has 4 N–H and O–H groups in total. The number of hydrogen-bond acceptors (Lipinski definition) is 5. The van der Waals surface area contributed by atoms with Gasteiger partial charge in [-0.3, -0.25) is 0 Å². The zero-order valence-electron chi connectivity index (χ0n) is 19.5. The lowest BCUT2D eigenvalue weighted by Gasteiger charge is -2.04. The monoisotopic (exact) mass is 461 g/mol. The molecule has 2 aliphatic heterocycles. The quantitative estimate of drug-likeness (QED) is 0.340. The van der Waals surface area contributed by atoms with Gasteiger partial charge in [0.1, 0.15) is 11.6 Å². The number of imidazole rings is 2. The fourth-order valence-corrected chi connectivity index (χ4v) is 5.00. The van der Waals surface area contributed by atoms with Gasteiger partial charge in [-0.25, -0.2) is 9.97 Å². The van der Waals surface area contributed by atoms with Gasteiger partial charge >= 0.3 is 0 Å². The number of nitrogens with zero attached hydrogens (tertiary/aromatic N) is 3. The number of benzene rings is 2. The molecule has 2 fully saturated rings. The van der Waals surface area contributed by atoms with Gasteiger partial charge in [0.2, 0.25) is 0 Å². The first-order valence-electron chi connectivity index (χ1n) is 12.3. The molecule has 0 amide bonds. The van der Waals surface area contributed by atoms with E-state index in [2.05, 4.69) is 44.6 Å². The van der Waals surface area contributed by atoms with Crippen molar-refractivity contribution in [1.82, 2.24) is 30.6 Å². The number of aromatic nitrogens is 4. The first-order valence-corrected chi connectivity index (χ1v) is 12.3. The van der Waals surface area contributed by atoms with E-state index in [1.807, 2.05) is 36.4 Å². The van der Waals surface area contributed by atoms with E-state index in [9.17, 15) is 5.26 Å². The Hall–Kier alpha value is -3.91. The van der Waals surface area contributed by atoms with Crippen molar-refractivity contribution in [1.29, 1.82) is 5.26 Å². The standard InChI is InChI=1S/C28H27N7/c29-14-13-22-26(35-28(33-22)24-4-2-16-31-24)20-10-7-18(8-11-20)5-6-19-9-12-21-25(17-19)34-27(32-21)23-3-1-15-30-23/h7-12,17,23-24,30-31H,1-4,13,15-16H2,(H,32,34)(H,33,35)/t23-,24-/m0/s1. The highest BCUT2D eigenvalue weighted by atomic mass is 15.1. The van der Waals surface area contributed by atoms with Gasteiger partial charge in [-0.1, -0.05) is 24.0 Å². The van der Waals surface area contributed by atoms with Gasteiger partial charge in [-0.15, -0.1) is 0 Å². The lowest BCUT2D eigenvalue weighted by Crippen LogP contribution is -2.14. The van der Waals surface area contributed by atoms with Crippen LogP contribution in [0.25, 0.3) is 22.3 Å². The molecule has 2 aromatic carbocycles. The van der Waals surface area contributed by atoms with Crippen molar-refractivity contribution in [3.05, 3.63) is 70.9 Å². The maximum Gasteiger partial charge on any atom is 0.124 e. The predicted molar refractivity (Wildman–Crippen MR) is 135 cm³/mol. The second-order valence-corrected chi connectivity index (χ2v) is 9.26. The van der Waals surface area contributed by atoms with Crippen LogP contribution in [0.2, 0.25) is 0 Å². The molecule has 7 heteroatoms. The molecule has 0 unspecified atom stereocenters. The molecule has 0 bridgehead atoms. The van der Waals surface area contributed by atoms with Crippen LogP contribution in [0.1, 0.15) is 66.2 Å². The number of hydrogen-bond donors (Lipinski definition) is 4. The SMILES string of the molecule is N#CCc1[nH]c([C@@H]2CCCN2)nc1-c1ccc(C#Cc2ccc3nc([C@@H]4CCCN4)[nH]c3c2)cc1. The largest absolute Gasteiger partial charge is 0.343 e. The summed E-state index contributed by atoms with van der Waals surface area (Å²) in [5, 5.41) is 16.2. The Bertz CT molecular complexity index is 1450. The fourth-order valence-electron chi connectivity index (χ4n) is 5.00. The van der Waals surface area contributed by atoms with Gasteiger partial charge in [0.25, 0.3) is 0 Å². The van der Waals surface area contributed by atoms with Crippen molar-refractivity contribution in [3.8, 4) is 29.2 Å². The molecule has 0 aliphatic carbocycles. The minimum atomic E-state index is 0.240. The second-order valence-electron chi connectivity index (χ2n) is 9.26. The van der Waals surface area contributed by atoms with Crippen LogP contribution >= 0.6 is 0 Å². The third-order valence-corrected chi connectivity index (χ3v) is 6.84. The zero-order valence-corrected chi connectivity index (χ0v) is 19.5. The van der Waals surface area contributed by atoms with Gasteiger partial charge < -0.3 is 20.6 Å². The maximum absolute atomic E-state index is 9.27.